The Morgan fingerprint density at radius 3 is 2.47 bits per heavy atom. The molecule has 0 aliphatic heterocycles. The first kappa shape index (κ1) is 11.1. The van der Waals surface area contributed by atoms with Crippen LogP contribution in [0.25, 0.3) is 0 Å². The average Bonchev–Trinajstić information content (AvgIpc) is 3.16. The van der Waals surface area contributed by atoms with Crippen LogP contribution in [0.15, 0.2) is 0 Å². The largest absolute Gasteiger partial charge is 0.481 e. The van der Waals surface area contributed by atoms with E-state index in [-0.39, 0.29) is 11.8 Å². The number of carboxylic acids is 1. The van der Waals surface area contributed by atoms with E-state index in [1.165, 1.54) is 12.8 Å². The quantitative estimate of drug-likeness (QED) is 0.788. The van der Waals surface area contributed by atoms with Gasteiger partial charge in [-0.25, -0.2) is 0 Å². The van der Waals surface area contributed by atoms with Gasteiger partial charge in [-0.1, -0.05) is 6.92 Å². The normalized spacial score (nSPS) is 29.8. The summed E-state index contributed by atoms with van der Waals surface area (Å²) >= 11 is 0. The Labute approximate surface area is 101 Å². The van der Waals surface area contributed by atoms with Gasteiger partial charge < -0.3 is 10.0 Å². The molecule has 2 unspecified atom stereocenters. The molecular formula is C13H19NO3. The Kier molecular flexibility index (Phi) is 2.25. The van der Waals surface area contributed by atoms with Crippen LogP contribution in [0.2, 0.25) is 0 Å². The lowest BCUT2D eigenvalue weighted by Crippen LogP contribution is -2.39. The van der Waals surface area contributed by atoms with Crippen LogP contribution in [0.3, 0.4) is 0 Å². The number of carbonyl (C=O) groups excluding carboxylic acids is 1. The summed E-state index contributed by atoms with van der Waals surface area (Å²) in [5, 5.41) is 8.95. The highest BCUT2D eigenvalue weighted by Crippen LogP contribution is 2.71. The van der Waals surface area contributed by atoms with Crippen LogP contribution >= 0.6 is 0 Å². The zero-order valence-corrected chi connectivity index (χ0v) is 10.2. The lowest BCUT2D eigenvalue weighted by atomic mass is 10.1. The zero-order valence-electron chi connectivity index (χ0n) is 10.2. The third kappa shape index (κ3) is 1.94. The minimum atomic E-state index is -0.805. The predicted octanol–water partition coefficient (Wildman–Crippen LogP) is 1.50. The Hall–Kier alpha value is -1.06. The highest BCUT2D eigenvalue weighted by molar-refractivity contribution is 5.84. The molecule has 3 aliphatic rings. The molecule has 4 nitrogen and oxygen atoms in total. The van der Waals surface area contributed by atoms with E-state index in [1.807, 2.05) is 4.90 Å². The van der Waals surface area contributed by atoms with Crippen molar-refractivity contribution < 1.29 is 14.7 Å². The summed E-state index contributed by atoms with van der Waals surface area (Å²) in [7, 11) is 0. The summed E-state index contributed by atoms with van der Waals surface area (Å²) in [6.45, 7) is 2.08. The number of aliphatic carboxylic acids is 1. The number of hydrogen-bond donors (Lipinski definition) is 1. The number of nitrogens with zero attached hydrogens (tertiary/aromatic N) is 1. The van der Waals surface area contributed by atoms with E-state index < -0.39 is 11.9 Å². The molecule has 3 rings (SSSR count). The summed E-state index contributed by atoms with van der Waals surface area (Å²) < 4.78 is 0. The van der Waals surface area contributed by atoms with Gasteiger partial charge in [0.05, 0.1) is 5.92 Å². The van der Waals surface area contributed by atoms with E-state index in [1.54, 1.807) is 6.92 Å². The van der Waals surface area contributed by atoms with Gasteiger partial charge >= 0.3 is 5.97 Å². The van der Waals surface area contributed by atoms with Gasteiger partial charge in [-0.05, 0) is 37.5 Å². The molecule has 3 aliphatic carbocycles. The van der Waals surface area contributed by atoms with Crippen LogP contribution < -0.4 is 0 Å². The summed E-state index contributed by atoms with van der Waals surface area (Å²) in [5.41, 5.74) is 0.372. The maximum absolute atomic E-state index is 12.3. The lowest BCUT2D eigenvalue weighted by Gasteiger charge is -2.24. The third-order valence-corrected chi connectivity index (χ3v) is 4.54. The highest BCUT2D eigenvalue weighted by atomic mass is 16.4. The zero-order chi connectivity index (χ0) is 12.2. The molecular weight excluding hydrogens is 218 g/mol. The second-order valence-electron chi connectivity index (χ2n) is 6.08. The SMILES string of the molecule is CC(CN(C(=O)C1CC12CC2)C1CC1)C(=O)O. The first-order valence-corrected chi connectivity index (χ1v) is 6.57. The summed E-state index contributed by atoms with van der Waals surface area (Å²) in [5.74, 6) is -0.795. The molecule has 1 N–H and O–H groups in total. The summed E-state index contributed by atoms with van der Waals surface area (Å²) in [6, 6.07) is 0.334. The average molecular weight is 237 g/mol. The van der Waals surface area contributed by atoms with Gasteiger partial charge in [0, 0.05) is 18.5 Å². The van der Waals surface area contributed by atoms with Gasteiger partial charge in [-0.2, -0.15) is 0 Å². The molecule has 0 bridgehead atoms. The molecule has 94 valence electrons. The van der Waals surface area contributed by atoms with Crippen molar-refractivity contribution in [3.05, 3.63) is 0 Å². The van der Waals surface area contributed by atoms with Crippen LogP contribution in [0, 0.1) is 17.3 Å². The van der Waals surface area contributed by atoms with Crippen molar-refractivity contribution in [2.45, 2.75) is 45.1 Å². The van der Waals surface area contributed by atoms with Gasteiger partial charge in [0.15, 0.2) is 0 Å². The van der Waals surface area contributed by atoms with E-state index in [2.05, 4.69) is 0 Å². The van der Waals surface area contributed by atoms with Gasteiger partial charge in [0.2, 0.25) is 5.91 Å². The van der Waals surface area contributed by atoms with Crippen molar-refractivity contribution in [2.75, 3.05) is 6.54 Å². The maximum atomic E-state index is 12.3. The molecule has 17 heavy (non-hydrogen) atoms. The van der Waals surface area contributed by atoms with Crippen molar-refractivity contribution >= 4 is 11.9 Å². The minimum absolute atomic E-state index is 0.226. The summed E-state index contributed by atoms with van der Waals surface area (Å²) in [6.07, 6.45) is 5.57. The molecule has 1 amide bonds. The predicted molar refractivity (Wildman–Crippen MR) is 61.3 cm³/mol. The molecule has 0 saturated heterocycles. The number of amides is 1. The second kappa shape index (κ2) is 3.47. The Morgan fingerprint density at radius 2 is 2.06 bits per heavy atom. The standard InChI is InChI=1S/C13H19NO3/c1-8(12(16)17)7-14(9-2-3-9)11(15)10-6-13(10)4-5-13/h8-10H,2-7H2,1H3,(H,16,17). The fourth-order valence-corrected chi connectivity index (χ4v) is 2.79. The number of carbonyl (C=O) groups is 2. The van der Waals surface area contributed by atoms with Gasteiger partial charge in [-0.15, -0.1) is 0 Å². The van der Waals surface area contributed by atoms with E-state index in [0.29, 0.717) is 18.0 Å². The van der Waals surface area contributed by atoms with Crippen LogP contribution in [-0.4, -0.2) is 34.5 Å². The number of hydrogen-bond acceptors (Lipinski definition) is 2. The van der Waals surface area contributed by atoms with E-state index in [0.717, 1.165) is 19.3 Å². The van der Waals surface area contributed by atoms with Gasteiger partial charge in [-0.3, -0.25) is 9.59 Å². The Morgan fingerprint density at radius 1 is 1.41 bits per heavy atom. The minimum Gasteiger partial charge on any atom is -0.481 e. The van der Waals surface area contributed by atoms with Crippen molar-refractivity contribution in [3.8, 4) is 0 Å². The van der Waals surface area contributed by atoms with Crippen molar-refractivity contribution in [3.63, 3.8) is 0 Å². The van der Waals surface area contributed by atoms with Gasteiger partial charge in [0.1, 0.15) is 0 Å². The van der Waals surface area contributed by atoms with Gasteiger partial charge in [0.25, 0.3) is 0 Å². The molecule has 0 radical (unpaired) electrons. The van der Waals surface area contributed by atoms with Crippen LogP contribution in [0.1, 0.15) is 39.0 Å². The summed E-state index contributed by atoms with van der Waals surface area (Å²) in [4.78, 5) is 25.1. The maximum Gasteiger partial charge on any atom is 0.308 e. The van der Waals surface area contributed by atoms with Crippen molar-refractivity contribution in [1.29, 1.82) is 0 Å². The topological polar surface area (TPSA) is 57.6 Å². The fourth-order valence-electron chi connectivity index (χ4n) is 2.79. The van der Waals surface area contributed by atoms with Crippen molar-refractivity contribution in [2.24, 2.45) is 17.3 Å². The number of rotatable bonds is 5. The van der Waals surface area contributed by atoms with Crippen LogP contribution in [-0.2, 0) is 9.59 Å². The molecule has 1 spiro atoms. The third-order valence-electron chi connectivity index (χ3n) is 4.54. The second-order valence-corrected chi connectivity index (χ2v) is 6.08. The first-order valence-electron chi connectivity index (χ1n) is 6.57. The molecule has 0 heterocycles. The first-order chi connectivity index (χ1) is 8.03. The molecule has 3 fully saturated rings. The monoisotopic (exact) mass is 237 g/mol. The van der Waals surface area contributed by atoms with Crippen molar-refractivity contribution in [1.82, 2.24) is 4.90 Å². The van der Waals surface area contributed by atoms with Crippen LogP contribution in [0.5, 0.6) is 0 Å². The molecule has 0 aromatic carbocycles. The highest BCUT2D eigenvalue weighted by Gasteiger charge is 2.66. The van der Waals surface area contributed by atoms with E-state index in [4.69, 9.17) is 5.11 Å². The lowest BCUT2D eigenvalue weighted by molar-refractivity contribution is -0.143. The smallest absolute Gasteiger partial charge is 0.308 e. The van der Waals surface area contributed by atoms with E-state index in [9.17, 15) is 9.59 Å². The number of carboxylic acid groups (broad SMARTS) is 1. The Bertz CT molecular complexity index is 371. The molecule has 3 saturated carbocycles. The van der Waals surface area contributed by atoms with E-state index >= 15 is 0 Å². The molecule has 0 aromatic rings. The fraction of sp³-hybridized carbons (Fsp3) is 0.846. The molecule has 2 atom stereocenters. The molecule has 4 heteroatoms. The molecule has 0 aromatic heterocycles. The Balaban J connectivity index is 1.63. The van der Waals surface area contributed by atoms with Crippen LogP contribution in [0.4, 0.5) is 0 Å².